The number of furan rings is 1. The lowest BCUT2D eigenvalue weighted by molar-refractivity contribution is 0.101. The molecule has 0 fully saturated rings. The van der Waals surface area contributed by atoms with E-state index >= 15 is 0 Å². The van der Waals surface area contributed by atoms with E-state index in [9.17, 15) is 14.3 Å². The molecule has 2 N–H and O–H groups in total. The first-order valence-electron chi connectivity index (χ1n) is 6.76. The second kappa shape index (κ2) is 7.56. The Hall–Kier alpha value is -2.93. The molecule has 124 valence electrons. The number of aromatic nitrogens is 3. The molecule has 0 aliphatic heterocycles. The lowest BCUT2D eigenvalue weighted by Gasteiger charge is -1.98. The minimum atomic E-state index is -0.496. The van der Waals surface area contributed by atoms with Gasteiger partial charge >= 0.3 is 0 Å². The lowest BCUT2D eigenvalue weighted by atomic mass is 10.1. The second-order valence-electron chi connectivity index (χ2n) is 4.80. The number of rotatable bonds is 5. The fraction of sp³-hybridized carbons (Fsp3) is 0.0625. The first-order valence-corrected chi connectivity index (χ1v) is 6.76. The number of halogens is 2. The molecule has 0 bridgehead atoms. The predicted octanol–water partition coefficient (Wildman–Crippen LogP) is 3.33. The average Bonchev–Trinajstić information content (AvgIpc) is 3.21. The van der Waals surface area contributed by atoms with E-state index in [1.165, 1.54) is 24.5 Å². The van der Waals surface area contributed by atoms with Crippen molar-refractivity contribution < 1.29 is 18.7 Å². The van der Waals surface area contributed by atoms with Crippen LogP contribution in [-0.2, 0) is 6.42 Å². The van der Waals surface area contributed by atoms with Gasteiger partial charge in [0.25, 0.3) is 0 Å². The average molecular weight is 350 g/mol. The van der Waals surface area contributed by atoms with Crippen molar-refractivity contribution >= 4 is 23.9 Å². The molecule has 0 saturated carbocycles. The SMILES string of the molecule is Cl.O=C(C=C(O)c1ncn[nH]1)c1ccc(Cc2ccc(F)cc2)o1. The third-order valence-corrected chi connectivity index (χ3v) is 3.12. The summed E-state index contributed by atoms with van der Waals surface area (Å²) in [5, 5.41) is 15.8. The summed E-state index contributed by atoms with van der Waals surface area (Å²) in [5.41, 5.74) is 0.861. The summed E-state index contributed by atoms with van der Waals surface area (Å²) in [6.45, 7) is 0. The molecule has 8 heteroatoms. The molecule has 1 aromatic carbocycles. The maximum atomic E-state index is 12.9. The highest BCUT2D eigenvalue weighted by atomic mass is 35.5. The van der Waals surface area contributed by atoms with Crippen LogP contribution in [0.4, 0.5) is 4.39 Å². The third-order valence-electron chi connectivity index (χ3n) is 3.12. The fourth-order valence-electron chi connectivity index (χ4n) is 2.00. The summed E-state index contributed by atoms with van der Waals surface area (Å²) in [4.78, 5) is 15.8. The van der Waals surface area contributed by atoms with Gasteiger partial charge in [0.1, 0.15) is 17.9 Å². The Balaban J connectivity index is 0.00000208. The van der Waals surface area contributed by atoms with Crippen LogP contribution >= 0.6 is 12.4 Å². The normalized spacial score (nSPS) is 11.1. The molecule has 2 heterocycles. The van der Waals surface area contributed by atoms with Crippen molar-refractivity contribution in [3.05, 3.63) is 77.5 Å². The zero-order valence-corrected chi connectivity index (χ0v) is 13.1. The van der Waals surface area contributed by atoms with Gasteiger partial charge in [-0.25, -0.2) is 9.37 Å². The van der Waals surface area contributed by atoms with Crippen LogP contribution in [0.5, 0.6) is 0 Å². The molecule has 2 aromatic heterocycles. The number of carbonyl (C=O) groups excluding carboxylic acids is 1. The van der Waals surface area contributed by atoms with E-state index in [-0.39, 0.29) is 35.6 Å². The molecule has 0 radical (unpaired) electrons. The Bertz CT molecular complexity index is 842. The van der Waals surface area contributed by atoms with Gasteiger partial charge < -0.3 is 9.52 Å². The molecule has 0 atom stereocenters. The molecule has 0 unspecified atom stereocenters. The predicted molar refractivity (Wildman–Crippen MR) is 86.5 cm³/mol. The number of nitrogens with zero attached hydrogens (tertiary/aromatic N) is 2. The molecule has 0 spiro atoms. The standard InChI is InChI=1S/C16H12FN3O3.ClH/c17-11-3-1-10(2-4-11)7-12-5-6-15(23-12)13(21)8-14(22)16-18-9-19-20-16;/h1-6,8-9,22H,7H2,(H,18,19,20);1H. The van der Waals surface area contributed by atoms with Gasteiger partial charge in [0, 0.05) is 12.5 Å². The number of aromatic amines is 1. The third kappa shape index (κ3) is 4.08. The number of hydrogen-bond donors (Lipinski definition) is 2. The van der Waals surface area contributed by atoms with Crippen molar-refractivity contribution in [2.24, 2.45) is 0 Å². The van der Waals surface area contributed by atoms with E-state index in [1.54, 1.807) is 18.2 Å². The number of H-pyrrole nitrogens is 1. The molecule has 0 aliphatic rings. The number of ketones is 1. The zero-order chi connectivity index (χ0) is 16.2. The monoisotopic (exact) mass is 349 g/mol. The Morgan fingerprint density at radius 1 is 1.25 bits per heavy atom. The van der Waals surface area contributed by atoms with E-state index in [2.05, 4.69) is 15.2 Å². The Kier molecular flexibility index (Phi) is 5.49. The number of benzene rings is 1. The quantitative estimate of drug-likeness (QED) is 0.419. The van der Waals surface area contributed by atoms with E-state index in [4.69, 9.17) is 4.42 Å². The highest BCUT2D eigenvalue weighted by molar-refractivity contribution is 6.05. The van der Waals surface area contributed by atoms with Gasteiger partial charge in [0.2, 0.25) is 5.78 Å². The highest BCUT2D eigenvalue weighted by Crippen LogP contribution is 2.16. The van der Waals surface area contributed by atoms with Gasteiger partial charge in [0.05, 0.1) is 0 Å². The number of hydrogen-bond acceptors (Lipinski definition) is 5. The number of aliphatic hydroxyl groups is 1. The molecule has 3 aromatic rings. The summed E-state index contributed by atoms with van der Waals surface area (Å²) >= 11 is 0. The first kappa shape index (κ1) is 17.4. The molecular weight excluding hydrogens is 337 g/mol. The topological polar surface area (TPSA) is 92.0 Å². The van der Waals surface area contributed by atoms with Gasteiger partial charge in [-0.15, -0.1) is 12.4 Å². The van der Waals surface area contributed by atoms with Crippen LogP contribution in [0.15, 0.2) is 53.2 Å². The van der Waals surface area contributed by atoms with Crippen LogP contribution < -0.4 is 0 Å². The Morgan fingerprint density at radius 3 is 2.67 bits per heavy atom. The minimum absolute atomic E-state index is 0. The Labute approximate surface area is 142 Å². The summed E-state index contributed by atoms with van der Waals surface area (Å²) in [6, 6.07) is 9.20. The van der Waals surface area contributed by atoms with E-state index in [0.717, 1.165) is 11.6 Å². The van der Waals surface area contributed by atoms with Crippen molar-refractivity contribution in [1.29, 1.82) is 0 Å². The number of carbonyl (C=O) groups is 1. The lowest BCUT2D eigenvalue weighted by Crippen LogP contribution is -1.96. The van der Waals surface area contributed by atoms with Crippen LogP contribution in [-0.4, -0.2) is 26.1 Å². The second-order valence-corrected chi connectivity index (χ2v) is 4.80. The van der Waals surface area contributed by atoms with Crippen molar-refractivity contribution in [3.8, 4) is 0 Å². The van der Waals surface area contributed by atoms with Crippen LogP contribution in [0, 0.1) is 5.82 Å². The van der Waals surface area contributed by atoms with Crippen LogP contribution in [0.3, 0.4) is 0 Å². The smallest absolute Gasteiger partial charge is 0.224 e. The van der Waals surface area contributed by atoms with Crippen molar-refractivity contribution in [2.75, 3.05) is 0 Å². The summed E-state index contributed by atoms with van der Waals surface area (Å²) in [6.07, 6.45) is 2.66. The summed E-state index contributed by atoms with van der Waals surface area (Å²) in [7, 11) is 0. The largest absolute Gasteiger partial charge is 0.504 e. The molecule has 0 saturated heterocycles. The molecule has 0 aliphatic carbocycles. The van der Waals surface area contributed by atoms with Crippen molar-refractivity contribution in [3.63, 3.8) is 0 Å². The van der Waals surface area contributed by atoms with Crippen LogP contribution in [0.2, 0.25) is 0 Å². The number of aliphatic hydroxyl groups excluding tert-OH is 1. The minimum Gasteiger partial charge on any atom is -0.504 e. The maximum Gasteiger partial charge on any atom is 0.224 e. The molecule has 6 nitrogen and oxygen atoms in total. The van der Waals surface area contributed by atoms with Gasteiger partial charge in [-0.3, -0.25) is 9.89 Å². The number of allylic oxidation sites excluding steroid dienone is 1. The summed E-state index contributed by atoms with van der Waals surface area (Å²) in [5.74, 6) is -0.387. The van der Waals surface area contributed by atoms with Gasteiger partial charge in [-0.1, -0.05) is 12.1 Å². The molecule has 3 rings (SSSR count). The number of nitrogens with one attached hydrogen (secondary N) is 1. The van der Waals surface area contributed by atoms with E-state index in [1.807, 2.05) is 0 Å². The highest BCUT2D eigenvalue weighted by Gasteiger charge is 2.12. The maximum absolute atomic E-state index is 12.9. The van der Waals surface area contributed by atoms with Crippen LogP contribution in [0.25, 0.3) is 5.76 Å². The van der Waals surface area contributed by atoms with Crippen LogP contribution in [0.1, 0.15) is 27.7 Å². The van der Waals surface area contributed by atoms with Gasteiger partial charge in [-0.05, 0) is 29.8 Å². The zero-order valence-electron chi connectivity index (χ0n) is 12.3. The first-order chi connectivity index (χ1) is 11.1. The molecule has 24 heavy (non-hydrogen) atoms. The van der Waals surface area contributed by atoms with Crippen molar-refractivity contribution in [1.82, 2.24) is 15.2 Å². The molecule has 0 amide bonds. The van der Waals surface area contributed by atoms with Gasteiger partial charge in [0.15, 0.2) is 17.3 Å². The fourth-order valence-corrected chi connectivity index (χ4v) is 2.00. The molecular formula is C16H13ClFN3O3. The Morgan fingerprint density at radius 2 is 2.00 bits per heavy atom. The summed E-state index contributed by atoms with van der Waals surface area (Å²) < 4.78 is 18.3. The van der Waals surface area contributed by atoms with Gasteiger partial charge in [-0.2, -0.15) is 5.10 Å². The van der Waals surface area contributed by atoms with E-state index < -0.39 is 5.78 Å². The van der Waals surface area contributed by atoms with Crippen molar-refractivity contribution in [2.45, 2.75) is 6.42 Å². The van der Waals surface area contributed by atoms with E-state index in [0.29, 0.717) is 12.2 Å².